The van der Waals surface area contributed by atoms with Gasteiger partial charge in [-0.25, -0.2) is 0 Å². The van der Waals surface area contributed by atoms with Crippen molar-refractivity contribution in [2.45, 2.75) is 25.1 Å². The second-order valence-corrected chi connectivity index (χ2v) is 6.89. The van der Waals surface area contributed by atoms with Crippen LogP contribution < -0.4 is 5.73 Å². The summed E-state index contributed by atoms with van der Waals surface area (Å²) in [4.78, 5) is 2.49. The SMILES string of the molecule is Cc1ccc(C(CN)N2CCSC(C)C2)cc1Cl. The van der Waals surface area contributed by atoms with Crippen molar-refractivity contribution in [1.82, 2.24) is 4.90 Å². The number of hydrogen-bond acceptors (Lipinski definition) is 3. The molecule has 1 heterocycles. The van der Waals surface area contributed by atoms with Gasteiger partial charge in [0.05, 0.1) is 0 Å². The Bertz CT molecular complexity index is 411. The molecule has 0 radical (unpaired) electrons. The van der Waals surface area contributed by atoms with Crippen LogP contribution in [0.2, 0.25) is 5.02 Å². The molecule has 18 heavy (non-hydrogen) atoms. The van der Waals surface area contributed by atoms with Gasteiger partial charge in [0.25, 0.3) is 0 Å². The molecule has 2 nitrogen and oxygen atoms in total. The van der Waals surface area contributed by atoms with Crippen LogP contribution in [0.25, 0.3) is 0 Å². The number of nitrogens with zero attached hydrogens (tertiary/aromatic N) is 1. The van der Waals surface area contributed by atoms with E-state index in [2.05, 4.69) is 30.0 Å². The van der Waals surface area contributed by atoms with Crippen molar-refractivity contribution in [3.8, 4) is 0 Å². The van der Waals surface area contributed by atoms with Crippen LogP contribution in [0.3, 0.4) is 0 Å². The summed E-state index contributed by atoms with van der Waals surface area (Å²) in [6.45, 7) is 7.19. The van der Waals surface area contributed by atoms with E-state index in [1.165, 1.54) is 11.3 Å². The van der Waals surface area contributed by atoms with Gasteiger partial charge in [0.15, 0.2) is 0 Å². The maximum absolute atomic E-state index is 6.22. The van der Waals surface area contributed by atoms with Gasteiger partial charge in [-0.05, 0) is 24.1 Å². The Balaban J connectivity index is 2.18. The van der Waals surface area contributed by atoms with Crippen molar-refractivity contribution >= 4 is 23.4 Å². The summed E-state index contributed by atoms with van der Waals surface area (Å²) in [6.07, 6.45) is 0. The summed E-state index contributed by atoms with van der Waals surface area (Å²) in [5, 5.41) is 1.53. The molecule has 0 aromatic heterocycles. The van der Waals surface area contributed by atoms with E-state index in [-0.39, 0.29) is 0 Å². The van der Waals surface area contributed by atoms with Crippen molar-refractivity contribution in [1.29, 1.82) is 0 Å². The van der Waals surface area contributed by atoms with Gasteiger partial charge < -0.3 is 5.73 Å². The quantitative estimate of drug-likeness (QED) is 0.925. The molecule has 1 aromatic carbocycles. The number of rotatable bonds is 3. The van der Waals surface area contributed by atoms with Crippen molar-refractivity contribution in [2.75, 3.05) is 25.4 Å². The minimum atomic E-state index is 0.298. The number of thioether (sulfide) groups is 1. The van der Waals surface area contributed by atoms with Gasteiger partial charge in [0, 0.05) is 41.7 Å². The monoisotopic (exact) mass is 284 g/mol. The van der Waals surface area contributed by atoms with E-state index in [4.69, 9.17) is 17.3 Å². The number of hydrogen-bond donors (Lipinski definition) is 1. The highest BCUT2D eigenvalue weighted by Crippen LogP contribution is 2.28. The van der Waals surface area contributed by atoms with E-state index in [1.807, 2.05) is 18.7 Å². The predicted octanol–water partition coefficient (Wildman–Crippen LogP) is 3.09. The van der Waals surface area contributed by atoms with Crippen molar-refractivity contribution < 1.29 is 0 Å². The Labute approximate surface area is 119 Å². The normalized spacial score (nSPS) is 23.0. The lowest BCUT2D eigenvalue weighted by Gasteiger charge is -2.36. The molecule has 1 aliphatic rings. The summed E-state index contributed by atoms with van der Waals surface area (Å²) in [6, 6.07) is 6.61. The molecule has 0 aliphatic carbocycles. The van der Waals surface area contributed by atoms with E-state index in [0.717, 1.165) is 23.7 Å². The Kier molecular flexibility index (Phi) is 4.96. The van der Waals surface area contributed by atoms with Crippen molar-refractivity contribution in [3.63, 3.8) is 0 Å². The van der Waals surface area contributed by atoms with Crippen LogP contribution in [0, 0.1) is 6.92 Å². The summed E-state index contributed by atoms with van der Waals surface area (Å²) < 4.78 is 0. The zero-order valence-corrected chi connectivity index (χ0v) is 12.6. The van der Waals surface area contributed by atoms with E-state index in [1.54, 1.807) is 0 Å². The lowest BCUT2D eigenvalue weighted by Crippen LogP contribution is -2.42. The third-order valence-corrected chi connectivity index (χ3v) is 5.06. The minimum absolute atomic E-state index is 0.298. The molecule has 2 atom stereocenters. The zero-order chi connectivity index (χ0) is 13.1. The van der Waals surface area contributed by atoms with Crippen LogP contribution in [-0.4, -0.2) is 35.5 Å². The molecular weight excluding hydrogens is 264 g/mol. The number of aryl methyl sites for hydroxylation is 1. The molecule has 4 heteroatoms. The first-order chi connectivity index (χ1) is 8.61. The molecule has 2 N–H and O–H groups in total. The largest absolute Gasteiger partial charge is 0.329 e. The zero-order valence-electron chi connectivity index (χ0n) is 11.0. The lowest BCUT2D eigenvalue weighted by molar-refractivity contribution is 0.211. The van der Waals surface area contributed by atoms with Gasteiger partial charge in [-0.2, -0.15) is 11.8 Å². The standard InChI is InChI=1S/C14H21ClN2S/c1-10-3-4-12(7-13(10)15)14(8-16)17-5-6-18-11(2)9-17/h3-4,7,11,14H,5-6,8-9,16H2,1-2H3. The summed E-state index contributed by atoms with van der Waals surface area (Å²) in [5.41, 5.74) is 8.34. The minimum Gasteiger partial charge on any atom is -0.329 e. The fraction of sp³-hybridized carbons (Fsp3) is 0.571. The Hall–Kier alpha value is -0.220. The highest BCUT2D eigenvalue weighted by atomic mass is 35.5. The molecule has 0 amide bonds. The third-order valence-electron chi connectivity index (χ3n) is 3.52. The molecule has 1 aliphatic heterocycles. The third kappa shape index (κ3) is 3.21. The highest BCUT2D eigenvalue weighted by Gasteiger charge is 2.24. The van der Waals surface area contributed by atoms with Gasteiger partial charge in [0.2, 0.25) is 0 Å². The Morgan fingerprint density at radius 1 is 1.56 bits per heavy atom. The van der Waals surface area contributed by atoms with Crippen LogP contribution in [0.4, 0.5) is 0 Å². The predicted molar refractivity (Wildman–Crippen MR) is 81.5 cm³/mol. The molecular formula is C14H21ClN2S. The van der Waals surface area contributed by atoms with Crippen LogP contribution in [0.1, 0.15) is 24.1 Å². The van der Waals surface area contributed by atoms with Crippen LogP contribution >= 0.6 is 23.4 Å². The molecule has 1 fully saturated rings. The van der Waals surface area contributed by atoms with Gasteiger partial charge in [-0.3, -0.25) is 4.90 Å². The maximum Gasteiger partial charge on any atom is 0.0471 e. The molecule has 0 spiro atoms. The van der Waals surface area contributed by atoms with Crippen LogP contribution in [-0.2, 0) is 0 Å². The molecule has 2 unspecified atom stereocenters. The number of benzene rings is 1. The van der Waals surface area contributed by atoms with E-state index >= 15 is 0 Å². The summed E-state index contributed by atoms with van der Waals surface area (Å²) in [7, 11) is 0. The second-order valence-electron chi connectivity index (χ2n) is 4.94. The molecule has 1 aromatic rings. The fourth-order valence-electron chi connectivity index (χ4n) is 2.44. The summed E-state index contributed by atoms with van der Waals surface area (Å²) in [5.74, 6) is 1.19. The molecule has 0 bridgehead atoms. The Morgan fingerprint density at radius 3 is 2.94 bits per heavy atom. The van der Waals surface area contributed by atoms with E-state index in [9.17, 15) is 0 Å². The maximum atomic E-state index is 6.22. The number of nitrogens with two attached hydrogens (primary N) is 1. The van der Waals surface area contributed by atoms with Gasteiger partial charge >= 0.3 is 0 Å². The average molecular weight is 285 g/mol. The first-order valence-electron chi connectivity index (χ1n) is 6.43. The molecule has 100 valence electrons. The van der Waals surface area contributed by atoms with E-state index in [0.29, 0.717) is 17.8 Å². The van der Waals surface area contributed by atoms with E-state index < -0.39 is 0 Å². The second kappa shape index (κ2) is 6.29. The highest BCUT2D eigenvalue weighted by molar-refractivity contribution is 7.99. The van der Waals surface area contributed by atoms with Gasteiger partial charge in [0.1, 0.15) is 0 Å². The average Bonchev–Trinajstić information content (AvgIpc) is 2.35. The molecule has 0 saturated carbocycles. The smallest absolute Gasteiger partial charge is 0.0471 e. The fourth-order valence-corrected chi connectivity index (χ4v) is 3.67. The molecule has 2 rings (SSSR count). The van der Waals surface area contributed by atoms with Crippen molar-refractivity contribution in [2.24, 2.45) is 5.73 Å². The van der Waals surface area contributed by atoms with Crippen LogP contribution in [0.15, 0.2) is 18.2 Å². The lowest BCUT2D eigenvalue weighted by atomic mass is 10.0. The summed E-state index contributed by atoms with van der Waals surface area (Å²) >= 11 is 8.26. The van der Waals surface area contributed by atoms with Gasteiger partial charge in [-0.15, -0.1) is 0 Å². The first-order valence-corrected chi connectivity index (χ1v) is 7.86. The van der Waals surface area contributed by atoms with Gasteiger partial charge in [-0.1, -0.05) is 30.7 Å². The topological polar surface area (TPSA) is 29.3 Å². The first kappa shape index (κ1) is 14.2. The van der Waals surface area contributed by atoms with Crippen LogP contribution in [0.5, 0.6) is 0 Å². The Morgan fingerprint density at radius 2 is 2.33 bits per heavy atom. The number of halogens is 1. The van der Waals surface area contributed by atoms with Crippen molar-refractivity contribution in [3.05, 3.63) is 34.3 Å². The molecule has 1 saturated heterocycles.